The van der Waals surface area contributed by atoms with Crippen LogP contribution in [0.1, 0.15) is 13.8 Å². The third kappa shape index (κ3) is 2.24. The van der Waals surface area contributed by atoms with Crippen LogP contribution in [0.4, 0.5) is 4.79 Å². The Balaban J connectivity index is 1.92. The first kappa shape index (κ1) is 11.1. The Morgan fingerprint density at radius 3 is 2.44 bits per heavy atom. The molecule has 0 spiro atoms. The fourth-order valence-electron chi connectivity index (χ4n) is 1.97. The molecule has 88 valence electrons. The molecule has 1 fully saturated rings. The summed E-state index contributed by atoms with van der Waals surface area (Å²) in [5.41, 5.74) is 0. The molecule has 0 N–H and O–H groups in total. The van der Waals surface area contributed by atoms with Gasteiger partial charge in [-0.1, -0.05) is 0 Å². The van der Waals surface area contributed by atoms with E-state index in [1.807, 2.05) is 4.90 Å². The molecule has 5 nitrogen and oxygen atoms in total. The molecule has 0 aromatic carbocycles. The van der Waals surface area contributed by atoms with E-state index in [2.05, 4.69) is 23.7 Å². The number of hydrogen-bond acceptors (Lipinski definition) is 3. The molecular weight excluding hydrogens is 204 g/mol. The Morgan fingerprint density at radius 1 is 1.25 bits per heavy atom. The summed E-state index contributed by atoms with van der Waals surface area (Å²) in [6.07, 6.45) is 4.87. The van der Waals surface area contributed by atoms with Crippen LogP contribution in [0.2, 0.25) is 0 Å². The molecule has 0 bridgehead atoms. The highest BCUT2D eigenvalue weighted by molar-refractivity contribution is 5.76. The van der Waals surface area contributed by atoms with Gasteiger partial charge < -0.3 is 4.90 Å². The van der Waals surface area contributed by atoms with Crippen LogP contribution in [0.25, 0.3) is 0 Å². The molecule has 5 heteroatoms. The third-order valence-corrected chi connectivity index (χ3v) is 3.04. The van der Waals surface area contributed by atoms with Crippen molar-refractivity contribution >= 4 is 6.03 Å². The maximum absolute atomic E-state index is 12.0. The van der Waals surface area contributed by atoms with Crippen molar-refractivity contribution < 1.29 is 4.79 Å². The van der Waals surface area contributed by atoms with Crippen LogP contribution in [0.5, 0.6) is 0 Å². The zero-order chi connectivity index (χ0) is 11.5. The summed E-state index contributed by atoms with van der Waals surface area (Å²) in [7, 11) is 0. The first-order valence-corrected chi connectivity index (χ1v) is 5.70. The second-order valence-corrected chi connectivity index (χ2v) is 4.37. The number of carbonyl (C=O) groups excluding carboxylic acids is 1. The molecule has 16 heavy (non-hydrogen) atoms. The quantitative estimate of drug-likeness (QED) is 0.708. The van der Waals surface area contributed by atoms with Gasteiger partial charge in [0.2, 0.25) is 0 Å². The first-order valence-electron chi connectivity index (χ1n) is 5.70. The number of carbonyl (C=O) groups is 1. The van der Waals surface area contributed by atoms with Crippen LogP contribution in [-0.2, 0) is 0 Å². The van der Waals surface area contributed by atoms with Crippen molar-refractivity contribution in [3.8, 4) is 0 Å². The summed E-state index contributed by atoms with van der Waals surface area (Å²) in [4.78, 5) is 20.1. The maximum atomic E-state index is 12.0. The number of piperazine rings is 1. The lowest BCUT2D eigenvalue weighted by Crippen LogP contribution is -2.51. The van der Waals surface area contributed by atoms with E-state index in [1.165, 1.54) is 4.57 Å². The van der Waals surface area contributed by atoms with Gasteiger partial charge >= 0.3 is 6.03 Å². The van der Waals surface area contributed by atoms with Gasteiger partial charge in [-0.2, -0.15) is 0 Å². The van der Waals surface area contributed by atoms with Crippen molar-refractivity contribution in [3.63, 3.8) is 0 Å². The summed E-state index contributed by atoms with van der Waals surface area (Å²) in [5, 5.41) is 0. The number of nitrogens with zero attached hydrogens (tertiary/aromatic N) is 4. The predicted octanol–water partition coefficient (Wildman–Crippen LogP) is 0.877. The minimum Gasteiger partial charge on any atom is -0.321 e. The second-order valence-electron chi connectivity index (χ2n) is 4.37. The van der Waals surface area contributed by atoms with Crippen molar-refractivity contribution in [2.24, 2.45) is 0 Å². The number of imidazole rings is 1. The normalized spacial score (nSPS) is 18.1. The topological polar surface area (TPSA) is 41.4 Å². The summed E-state index contributed by atoms with van der Waals surface area (Å²) >= 11 is 0. The number of hydrogen-bond donors (Lipinski definition) is 0. The van der Waals surface area contributed by atoms with Crippen LogP contribution in [0.15, 0.2) is 18.7 Å². The van der Waals surface area contributed by atoms with Crippen LogP contribution < -0.4 is 0 Å². The molecule has 2 heterocycles. The van der Waals surface area contributed by atoms with Crippen LogP contribution in [-0.4, -0.2) is 57.6 Å². The number of amides is 1. The van der Waals surface area contributed by atoms with Gasteiger partial charge in [0.25, 0.3) is 0 Å². The lowest BCUT2D eigenvalue weighted by Gasteiger charge is -2.36. The average molecular weight is 222 g/mol. The highest BCUT2D eigenvalue weighted by Gasteiger charge is 2.22. The van der Waals surface area contributed by atoms with E-state index in [0.717, 1.165) is 26.2 Å². The van der Waals surface area contributed by atoms with Gasteiger partial charge in [-0.05, 0) is 13.8 Å². The summed E-state index contributed by atoms with van der Waals surface area (Å²) in [5.74, 6) is 0. The molecule has 1 aromatic heterocycles. The highest BCUT2D eigenvalue weighted by atomic mass is 16.2. The minimum atomic E-state index is 0.0286. The Kier molecular flexibility index (Phi) is 3.24. The third-order valence-electron chi connectivity index (χ3n) is 3.04. The first-order chi connectivity index (χ1) is 7.68. The highest BCUT2D eigenvalue weighted by Crippen LogP contribution is 2.07. The van der Waals surface area contributed by atoms with E-state index in [1.54, 1.807) is 18.7 Å². The molecule has 0 atom stereocenters. The van der Waals surface area contributed by atoms with E-state index in [0.29, 0.717) is 6.04 Å². The molecule has 1 saturated heterocycles. The molecule has 0 radical (unpaired) electrons. The van der Waals surface area contributed by atoms with Crippen molar-refractivity contribution in [1.82, 2.24) is 19.4 Å². The molecule has 1 aliphatic rings. The van der Waals surface area contributed by atoms with Crippen LogP contribution in [0, 0.1) is 0 Å². The van der Waals surface area contributed by atoms with Gasteiger partial charge in [0.05, 0.1) is 0 Å². The monoisotopic (exact) mass is 222 g/mol. The van der Waals surface area contributed by atoms with E-state index in [4.69, 9.17) is 0 Å². The molecule has 0 saturated carbocycles. The number of aromatic nitrogens is 2. The fraction of sp³-hybridized carbons (Fsp3) is 0.636. The standard InChI is InChI=1S/C11H18N4O/c1-10(2)13-5-7-14(8-6-13)11(16)15-4-3-12-9-15/h3-4,9-10H,5-8H2,1-2H3. The smallest absolute Gasteiger partial charge is 0.321 e. The minimum absolute atomic E-state index is 0.0286. The lowest BCUT2D eigenvalue weighted by atomic mass is 10.2. The summed E-state index contributed by atoms with van der Waals surface area (Å²) in [6, 6.07) is 0.589. The Bertz CT molecular complexity index is 339. The predicted molar refractivity (Wildman–Crippen MR) is 61.3 cm³/mol. The van der Waals surface area contributed by atoms with E-state index in [9.17, 15) is 4.79 Å². The van der Waals surface area contributed by atoms with Crippen molar-refractivity contribution in [2.75, 3.05) is 26.2 Å². The van der Waals surface area contributed by atoms with Gasteiger partial charge in [0, 0.05) is 44.6 Å². The lowest BCUT2D eigenvalue weighted by molar-refractivity contribution is 0.120. The number of rotatable bonds is 1. The largest absolute Gasteiger partial charge is 0.329 e. The molecular formula is C11H18N4O. The fourth-order valence-corrected chi connectivity index (χ4v) is 1.97. The zero-order valence-electron chi connectivity index (χ0n) is 9.83. The van der Waals surface area contributed by atoms with Crippen molar-refractivity contribution in [2.45, 2.75) is 19.9 Å². The van der Waals surface area contributed by atoms with E-state index >= 15 is 0 Å². The van der Waals surface area contributed by atoms with Crippen molar-refractivity contribution in [1.29, 1.82) is 0 Å². The Labute approximate surface area is 95.7 Å². The summed E-state index contributed by atoms with van der Waals surface area (Å²) in [6.45, 7) is 7.89. The second kappa shape index (κ2) is 4.65. The van der Waals surface area contributed by atoms with Gasteiger partial charge in [-0.3, -0.25) is 9.47 Å². The van der Waals surface area contributed by atoms with Gasteiger partial charge in [-0.15, -0.1) is 0 Å². The van der Waals surface area contributed by atoms with Gasteiger partial charge in [0.1, 0.15) is 6.33 Å². The molecule has 1 aromatic rings. The molecule has 0 unspecified atom stereocenters. The van der Waals surface area contributed by atoms with Gasteiger partial charge in [0.15, 0.2) is 0 Å². The molecule has 1 amide bonds. The van der Waals surface area contributed by atoms with Crippen LogP contribution in [0.3, 0.4) is 0 Å². The summed E-state index contributed by atoms with van der Waals surface area (Å²) < 4.78 is 1.53. The van der Waals surface area contributed by atoms with Crippen LogP contribution >= 0.6 is 0 Å². The van der Waals surface area contributed by atoms with E-state index < -0.39 is 0 Å². The zero-order valence-corrected chi connectivity index (χ0v) is 9.83. The van der Waals surface area contributed by atoms with Crippen molar-refractivity contribution in [3.05, 3.63) is 18.7 Å². The SMILES string of the molecule is CC(C)N1CCN(C(=O)n2ccnc2)CC1. The molecule has 2 rings (SSSR count). The average Bonchev–Trinajstić information content (AvgIpc) is 2.81. The Morgan fingerprint density at radius 2 is 1.94 bits per heavy atom. The maximum Gasteiger partial charge on any atom is 0.329 e. The molecule has 1 aliphatic heterocycles. The van der Waals surface area contributed by atoms with E-state index in [-0.39, 0.29) is 6.03 Å². The Hall–Kier alpha value is -1.36. The van der Waals surface area contributed by atoms with Gasteiger partial charge in [-0.25, -0.2) is 9.78 Å². The molecule has 0 aliphatic carbocycles.